The Labute approximate surface area is 175 Å². The van der Waals surface area contributed by atoms with Gasteiger partial charge in [-0.2, -0.15) is 5.26 Å². The summed E-state index contributed by atoms with van der Waals surface area (Å²) in [7, 11) is 0. The van der Waals surface area contributed by atoms with E-state index < -0.39 is 11.5 Å². The van der Waals surface area contributed by atoms with Crippen molar-refractivity contribution in [3.8, 4) is 11.8 Å². The zero-order valence-electron chi connectivity index (χ0n) is 16.7. The smallest absolute Gasteiger partial charge is 0.287 e. The molecular weight excluding hydrogens is 388 g/mol. The van der Waals surface area contributed by atoms with E-state index in [-0.39, 0.29) is 10.7 Å². The van der Waals surface area contributed by atoms with Crippen LogP contribution in [-0.2, 0) is 0 Å². The lowest BCUT2D eigenvalue weighted by Crippen LogP contribution is -2.43. The second-order valence-corrected chi connectivity index (χ2v) is 6.95. The van der Waals surface area contributed by atoms with E-state index in [1.54, 1.807) is 44.2 Å². The van der Waals surface area contributed by atoms with Crippen LogP contribution in [0.2, 0.25) is 0 Å². The molecule has 0 bridgehead atoms. The van der Waals surface area contributed by atoms with Gasteiger partial charge in [-0.05, 0) is 56.2 Å². The molecule has 0 aliphatic heterocycles. The molecule has 8 heteroatoms. The van der Waals surface area contributed by atoms with Crippen molar-refractivity contribution in [3.63, 3.8) is 0 Å². The molecule has 1 heterocycles. The first kappa shape index (κ1) is 22.1. The van der Waals surface area contributed by atoms with Crippen LogP contribution < -0.4 is 21.0 Å². The van der Waals surface area contributed by atoms with E-state index >= 15 is 0 Å². The average Bonchev–Trinajstić information content (AvgIpc) is 2.69. The topological polar surface area (TPSA) is 96.2 Å². The standard InChI is InChI=1S/C21H24N4O3S/c1-4-5-8-11-28-18-10-7-6-9-16(18)19(26)23-21(29)24-25-15(3)12-14(2)17(13-22)20(25)27/h6-7,9-10,12H,4-5,8,11H2,1-3H3,(H2,23,24,26,29). The van der Waals surface area contributed by atoms with Crippen LogP contribution in [0.4, 0.5) is 0 Å². The number of carbonyl (C=O) groups excluding carboxylic acids is 1. The Kier molecular flexibility index (Phi) is 7.92. The largest absolute Gasteiger partial charge is 0.493 e. The lowest BCUT2D eigenvalue weighted by Gasteiger charge is -2.16. The minimum atomic E-state index is -0.527. The number of aryl methyl sites for hydroxylation is 2. The first-order valence-corrected chi connectivity index (χ1v) is 9.77. The fraction of sp³-hybridized carbons (Fsp3) is 0.333. The van der Waals surface area contributed by atoms with Gasteiger partial charge in [-0.15, -0.1) is 0 Å². The molecule has 152 valence electrons. The maximum atomic E-state index is 12.6. The van der Waals surface area contributed by atoms with Crippen molar-refractivity contribution in [2.24, 2.45) is 0 Å². The number of hydrogen-bond donors (Lipinski definition) is 2. The quantitative estimate of drug-likeness (QED) is 0.536. The molecule has 1 aromatic heterocycles. The molecule has 29 heavy (non-hydrogen) atoms. The fourth-order valence-corrected chi connectivity index (χ4v) is 2.96. The van der Waals surface area contributed by atoms with Gasteiger partial charge in [0.05, 0.1) is 12.2 Å². The number of nitrogens with zero attached hydrogens (tertiary/aromatic N) is 2. The Morgan fingerprint density at radius 1 is 1.28 bits per heavy atom. The Bertz CT molecular complexity index is 1010. The van der Waals surface area contributed by atoms with Gasteiger partial charge in [-0.25, -0.2) is 4.68 Å². The van der Waals surface area contributed by atoms with E-state index in [4.69, 9.17) is 17.0 Å². The molecule has 0 fully saturated rings. The lowest BCUT2D eigenvalue weighted by molar-refractivity contribution is 0.0973. The van der Waals surface area contributed by atoms with Crippen molar-refractivity contribution in [2.45, 2.75) is 40.0 Å². The molecule has 2 rings (SSSR count). The highest BCUT2D eigenvalue weighted by atomic mass is 32.1. The van der Waals surface area contributed by atoms with Crippen LogP contribution in [0, 0.1) is 25.2 Å². The highest BCUT2D eigenvalue weighted by molar-refractivity contribution is 7.80. The number of thiocarbonyl (C=S) groups is 1. The van der Waals surface area contributed by atoms with Crippen molar-refractivity contribution >= 4 is 23.2 Å². The maximum Gasteiger partial charge on any atom is 0.287 e. The van der Waals surface area contributed by atoms with Crippen molar-refractivity contribution in [1.82, 2.24) is 9.99 Å². The van der Waals surface area contributed by atoms with E-state index in [2.05, 4.69) is 17.7 Å². The van der Waals surface area contributed by atoms with Crippen molar-refractivity contribution < 1.29 is 9.53 Å². The summed E-state index contributed by atoms with van der Waals surface area (Å²) in [5, 5.41) is 11.7. The molecular formula is C21H24N4O3S. The monoisotopic (exact) mass is 412 g/mol. The lowest BCUT2D eigenvalue weighted by atomic mass is 10.1. The number of aromatic nitrogens is 1. The normalized spacial score (nSPS) is 10.1. The number of para-hydroxylation sites is 1. The minimum Gasteiger partial charge on any atom is -0.493 e. The number of benzene rings is 1. The molecule has 1 amide bonds. The molecule has 0 atom stereocenters. The third kappa shape index (κ3) is 5.65. The first-order chi connectivity index (χ1) is 13.9. The highest BCUT2D eigenvalue weighted by Crippen LogP contribution is 2.18. The van der Waals surface area contributed by atoms with Gasteiger partial charge in [-0.3, -0.25) is 20.3 Å². The summed E-state index contributed by atoms with van der Waals surface area (Å²) in [4.78, 5) is 25.1. The molecule has 0 spiro atoms. The van der Waals surface area contributed by atoms with E-state index in [0.717, 1.165) is 23.9 Å². The van der Waals surface area contributed by atoms with Crippen LogP contribution >= 0.6 is 12.2 Å². The summed E-state index contributed by atoms with van der Waals surface area (Å²) in [6.45, 7) is 6.02. The van der Waals surface area contributed by atoms with Gasteiger partial charge in [0.25, 0.3) is 11.5 Å². The number of unbranched alkanes of at least 4 members (excludes halogenated alkanes) is 2. The predicted molar refractivity (Wildman–Crippen MR) is 116 cm³/mol. The highest BCUT2D eigenvalue weighted by Gasteiger charge is 2.15. The molecule has 0 saturated carbocycles. The summed E-state index contributed by atoms with van der Waals surface area (Å²) >= 11 is 5.18. The van der Waals surface area contributed by atoms with Crippen LogP contribution in [0.1, 0.15) is 53.4 Å². The average molecular weight is 413 g/mol. The molecule has 0 radical (unpaired) electrons. The van der Waals surface area contributed by atoms with Crippen LogP contribution in [0.3, 0.4) is 0 Å². The van der Waals surface area contributed by atoms with Crippen LogP contribution in [0.15, 0.2) is 35.1 Å². The summed E-state index contributed by atoms with van der Waals surface area (Å²) in [5.41, 5.74) is 3.65. The van der Waals surface area contributed by atoms with Crippen LogP contribution in [0.5, 0.6) is 5.75 Å². The summed E-state index contributed by atoms with van der Waals surface area (Å²) in [6.07, 6.45) is 3.04. The van der Waals surface area contributed by atoms with E-state index in [9.17, 15) is 14.9 Å². The molecule has 1 aromatic carbocycles. The van der Waals surface area contributed by atoms with E-state index in [1.807, 2.05) is 6.07 Å². The third-order valence-electron chi connectivity index (χ3n) is 4.28. The van der Waals surface area contributed by atoms with Crippen molar-refractivity contribution in [2.75, 3.05) is 12.0 Å². The SMILES string of the molecule is CCCCCOc1ccccc1C(=O)NC(=S)Nn1c(C)cc(C)c(C#N)c1=O. The van der Waals surface area contributed by atoms with Crippen molar-refractivity contribution in [1.29, 1.82) is 5.26 Å². The van der Waals surface area contributed by atoms with Gasteiger partial charge in [0.2, 0.25) is 0 Å². The number of nitriles is 1. The molecule has 0 unspecified atom stereocenters. The minimum absolute atomic E-state index is 0.0167. The second-order valence-electron chi connectivity index (χ2n) is 6.54. The molecule has 0 aliphatic carbocycles. The van der Waals surface area contributed by atoms with Crippen LogP contribution in [0.25, 0.3) is 0 Å². The summed E-state index contributed by atoms with van der Waals surface area (Å²) in [6, 6.07) is 10.5. The molecule has 2 N–H and O–H groups in total. The third-order valence-corrected chi connectivity index (χ3v) is 4.47. The zero-order valence-corrected chi connectivity index (χ0v) is 17.6. The number of ether oxygens (including phenoxy) is 1. The zero-order chi connectivity index (χ0) is 21.4. The maximum absolute atomic E-state index is 12.6. The number of amides is 1. The number of nitrogens with one attached hydrogen (secondary N) is 2. The van der Waals surface area contributed by atoms with Gasteiger partial charge in [0.15, 0.2) is 5.11 Å². The van der Waals surface area contributed by atoms with Crippen LogP contribution in [-0.4, -0.2) is 22.3 Å². The van der Waals surface area contributed by atoms with Gasteiger partial charge in [0.1, 0.15) is 17.4 Å². The van der Waals surface area contributed by atoms with E-state index in [0.29, 0.717) is 29.2 Å². The number of pyridine rings is 1. The predicted octanol–water partition coefficient (Wildman–Crippen LogP) is 3.16. The summed E-state index contributed by atoms with van der Waals surface area (Å²) in [5.74, 6) is 0.0197. The first-order valence-electron chi connectivity index (χ1n) is 9.36. The van der Waals surface area contributed by atoms with Gasteiger partial charge >= 0.3 is 0 Å². The van der Waals surface area contributed by atoms with Gasteiger partial charge in [-0.1, -0.05) is 31.9 Å². The molecule has 0 saturated heterocycles. The van der Waals surface area contributed by atoms with Gasteiger partial charge < -0.3 is 4.74 Å². The molecule has 2 aromatic rings. The molecule has 0 aliphatic rings. The number of carbonyl (C=O) groups is 1. The van der Waals surface area contributed by atoms with Gasteiger partial charge in [0, 0.05) is 5.69 Å². The summed E-state index contributed by atoms with van der Waals surface area (Å²) < 4.78 is 6.87. The van der Waals surface area contributed by atoms with E-state index in [1.165, 1.54) is 0 Å². The van der Waals surface area contributed by atoms with Crippen molar-refractivity contribution in [3.05, 3.63) is 63.1 Å². The Morgan fingerprint density at radius 2 is 2.00 bits per heavy atom. The Balaban J connectivity index is 2.12. The molecule has 7 nitrogen and oxygen atoms in total. The number of hydrogen-bond acceptors (Lipinski definition) is 5. The Morgan fingerprint density at radius 3 is 2.69 bits per heavy atom. The fourth-order valence-electron chi connectivity index (χ4n) is 2.78. The number of rotatable bonds is 7. The second kappa shape index (κ2) is 10.4. The Hall–Kier alpha value is -3.18.